The number of hydrogen-bond donors (Lipinski definition) is 2. The van der Waals surface area contributed by atoms with Gasteiger partial charge in [-0.3, -0.25) is 9.78 Å². The van der Waals surface area contributed by atoms with Crippen molar-refractivity contribution in [1.82, 2.24) is 15.6 Å². The summed E-state index contributed by atoms with van der Waals surface area (Å²) >= 11 is 0. The number of pyridine rings is 1. The highest BCUT2D eigenvalue weighted by atomic mass is 16.2. The predicted octanol–water partition coefficient (Wildman–Crippen LogP) is 1.52. The Labute approximate surface area is 109 Å². The van der Waals surface area contributed by atoms with Crippen LogP contribution in [-0.2, 0) is 11.2 Å². The van der Waals surface area contributed by atoms with Crippen molar-refractivity contribution in [2.75, 3.05) is 6.54 Å². The largest absolute Gasteiger partial charge is 0.352 e. The van der Waals surface area contributed by atoms with Crippen molar-refractivity contribution in [3.8, 4) is 0 Å². The quantitative estimate of drug-likeness (QED) is 0.770. The highest BCUT2D eigenvalue weighted by Gasteiger charge is 2.13. The average Bonchev–Trinajstić information content (AvgIpc) is 2.39. The Hall–Kier alpha value is -1.42. The molecule has 1 heterocycles. The van der Waals surface area contributed by atoms with Crippen LogP contribution >= 0.6 is 0 Å². The minimum absolute atomic E-state index is 0.0605. The van der Waals surface area contributed by atoms with Crippen LogP contribution in [0.15, 0.2) is 24.4 Å². The lowest BCUT2D eigenvalue weighted by Crippen LogP contribution is -2.45. The number of rotatable bonds is 7. The summed E-state index contributed by atoms with van der Waals surface area (Å²) in [4.78, 5) is 16.0. The number of carbonyl (C=O) groups excluding carboxylic acids is 1. The molecule has 4 nitrogen and oxygen atoms in total. The zero-order valence-electron chi connectivity index (χ0n) is 11.4. The molecule has 2 atom stereocenters. The normalized spacial score (nSPS) is 13.9. The van der Waals surface area contributed by atoms with E-state index in [0.29, 0.717) is 0 Å². The third kappa shape index (κ3) is 5.27. The molecule has 0 saturated carbocycles. The first-order chi connectivity index (χ1) is 8.63. The Balaban J connectivity index is 2.24. The summed E-state index contributed by atoms with van der Waals surface area (Å²) in [5, 5.41) is 6.17. The Morgan fingerprint density at radius 3 is 2.78 bits per heavy atom. The second kappa shape index (κ2) is 7.82. The van der Waals surface area contributed by atoms with E-state index in [-0.39, 0.29) is 18.0 Å². The van der Waals surface area contributed by atoms with Crippen LogP contribution in [0.2, 0.25) is 0 Å². The molecule has 0 radical (unpaired) electrons. The third-order valence-corrected chi connectivity index (χ3v) is 2.95. The van der Waals surface area contributed by atoms with Crippen molar-refractivity contribution >= 4 is 5.91 Å². The molecule has 0 fully saturated rings. The molecule has 1 aromatic heterocycles. The summed E-state index contributed by atoms with van der Waals surface area (Å²) in [6.45, 7) is 6.71. The van der Waals surface area contributed by atoms with Gasteiger partial charge >= 0.3 is 0 Å². The topological polar surface area (TPSA) is 54.0 Å². The van der Waals surface area contributed by atoms with E-state index in [1.807, 2.05) is 32.0 Å². The molecule has 18 heavy (non-hydrogen) atoms. The molecule has 0 aromatic carbocycles. The van der Waals surface area contributed by atoms with Gasteiger partial charge in [0.1, 0.15) is 0 Å². The molecule has 2 N–H and O–H groups in total. The Kier molecular flexibility index (Phi) is 6.36. The molecule has 0 bridgehead atoms. The van der Waals surface area contributed by atoms with Crippen molar-refractivity contribution < 1.29 is 4.79 Å². The molecule has 0 aliphatic rings. The molecule has 0 saturated heterocycles. The first kappa shape index (κ1) is 14.6. The average molecular weight is 249 g/mol. The molecule has 2 unspecified atom stereocenters. The lowest BCUT2D eigenvalue weighted by molar-refractivity contribution is -0.123. The monoisotopic (exact) mass is 249 g/mol. The summed E-state index contributed by atoms with van der Waals surface area (Å²) in [5.74, 6) is 0.0605. The van der Waals surface area contributed by atoms with E-state index in [1.54, 1.807) is 6.20 Å². The minimum Gasteiger partial charge on any atom is -0.352 e. The molecule has 0 aliphatic carbocycles. The molecular formula is C14H23N3O. The van der Waals surface area contributed by atoms with Crippen molar-refractivity contribution in [2.24, 2.45) is 0 Å². The summed E-state index contributed by atoms with van der Waals surface area (Å²) in [5.41, 5.74) is 1.04. The van der Waals surface area contributed by atoms with Gasteiger partial charge in [0.15, 0.2) is 0 Å². The molecular weight excluding hydrogens is 226 g/mol. The standard InChI is InChI=1S/C14H23N3O/c1-4-11(2)17-14(18)12(3)15-10-8-13-7-5-6-9-16-13/h5-7,9,11-12,15H,4,8,10H2,1-3H3,(H,17,18). The van der Waals surface area contributed by atoms with Crippen LogP contribution < -0.4 is 10.6 Å². The molecule has 1 rings (SSSR count). The number of aromatic nitrogens is 1. The maximum Gasteiger partial charge on any atom is 0.237 e. The molecule has 1 aromatic rings. The van der Waals surface area contributed by atoms with Gasteiger partial charge in [0.05, 0.1) is 6.04 Å². The number of carbonyl (C=O) groups is 1. The zero-order chi connectivity index (χ0) is 13.4. The fraction of sp³-hybridized carbons (Fsp3) is 0.571. The van der Waals surface area contributed by atoms with Gasteiger partial charge in [0.25, 0.3) is 0 Å². The van der Waals surface area contributed by atoms with Crippen molar-refractivity contribution in [3.63, 3.8) is 0 Å². The highest BCUT2D eigenvalue weighted by molar-refractivity contribution is 5.81. The van der Waals surface area contributed by atoms with Gasteiger partial charge in [0, 0.05) is 30.9 Å². The van der Waals surface area contributed by atoms with Gasteiger partial charge in [-0.2, -0.15) is 0 Å². The minimum atomic E-state index is -0.164. The lowest BCUT2D eigenvalue weighted by Gasteiger charge is -2.17. The first-order valence-corrected chi connectivity index (χ1v) is 6.57. The Bertz CT molecular complexity index is 353. The maximum absolute atomic E-state index is 11.8. The van der Waals surface area contributed by atoms with E-state index >= 15 is 0 Å². The summed E-state index contributed by atoms with van der Waals surface area (Å²) in [6.07, 6.45) is 3.57. The van der Waals surface area contributed by atoms with Gasteiger partial charge < -0.3 is 10.6 Å². The fourth-order valence-corrected chi connectivity index (χ4v) is 1.53. The van der Waals surface area contributed by atoms with Crippen LogP contribution in [0.1, 0.15) is 32.9 Å². The maximum atomic E-state index is 11.8. The lowest BCUT2D eigenvalue weighted by atomic mass is 10.2. The molecule has 4 heteroatoms. The van der Waals surface area contributed by atoms with E-state index in [0.717, 1.165) is 25.1 Å². The number of hydrogen-bond acceptors (Lipinski definition) is 3. The summed E-state index contributed by atoms with van der Waals surface area (Å²) in [7, 11) is 0. The van der Waals surface area contributed by atoms with Crippen LogP contribution in [-0.4, -0.2) is 29.5 Å². The van der Waals surface area contributed by atoms with Gasteiger partial charge in [0.2, 0.25) is 5.91 Å². The molecule has 100 valence electrons. The van der Waals surface area contributed by atoms with E-state index in [1.165, 1.54) is 0 Å². The molecule has 0 aliphatic heterocycles. The SMILES string of the molecule is CCC(C)NC(=O)C(C)NCCc1ccccn1. The Morgan fingerprint density at radius 2 is 2.17 bits per heavy atom. The van der Waals surface area contributed by atoms with E-state index in [2.05, 4.69) is 22.5 Å². The van der Waals surface area contributed by atoms with E-state index in [9.17, 15) is 4.79 Å². The van der Waals surface area contributed by atoms with Crippen molar-refractivity contribution in [2.45, 2.75) is 45.7 Å². The number of amides is 1. The van der Waals surface area contributed by atoms with Crippen molar-refractivity contribution in [3.05, 3.63) is 30.1 Å². The van der Waals surface area contributed by atoms with Crippen LogP contribution in [0.5, 0.6) is 0 Å². The summed E-state index contributed by atoms with van der Waals surface area (Å²) < 4.78 is 0. The van der Waals surface area contributed by atoms with Crippen LogP contribution in [0.4, 0.5) is 0 Å². The van der Waals surface area contributed by atoms with Crippen molar-refractivity contribution in [1.29, 1.82) is 0 Å². The van der Waals surface area contributed by atoms with Gasteiger partial charge in [-0.15, -0.1) is 0 Å². The first-order valence-electron chi connectivity index (χ1n) is 6.57. The third-order valence-electron chi connectivity index (χ3n) is 2.95. The fourth-order valence-electron chi connectivity index (χ4n) is 1.53. The Morgan fingerprint density at radius 1 is 1.39 bits per heavy atom. The van der Waals surface area contributed by atoms with Gasteiger partial charge in [-0.25, -0.2) is 0 Å². The zero-order valence-corrected chi connectivity index (χ0v) is 11.4. The second-order valence-corrected chi connectivity index (χ2v) is 4.56. The van der Waals surface area contributed by atoms with E-state index < -0.39 is 0 Å². The second-order valence-electron chi connectivity index (χ2n) is 4.56. The van der Waals surface area contributed by atoms with Gasteiger partial charge in [-0.1, -0.05) is 13.0 Å². The smallest absolute Gasteiger partial charge is 0.237 e. The molecule has 1 amide bonds. The van der Waals surface area contributed by atoms with Crippen LogP contribution in [0.3, 0.4) is 0 Å². The van der Waals surface area contributed by atoms with Crippen LogP contribution in [0.25, 0.3) is 0 Å². The van der Waals surface area contributed by atoms with E-state index in [4.69, 9.17) is 0 Å². The summed E-state index contributed by atoms with van der Waals surface area (Å²) in [6, 6.07) is 5.94. The van der Waals surface area contributed by atoms with Crippen LogP contribution in [0, 0.1) is 0 Å². The number of nitrogens with one attached hydrogen (secondary N) is 2. The highest BCUT2D eigenvalue weighted by Crippen LogP contribution is 1.94. The molecule has 0 spiro atoms. The predicted molar refractivity (Wildman–Crippen MR) is 73.3 cm³/mol. The van der Waals surface area contributed by atoms with Gasteiger partial charge in [-0.05, 0) is 32.4 Å². The number of nitrogens with zero attached hydrogens (tertiary/aromatic N) is 1.